The Morgan fingerprint density at radius 3 is 1.75 bits per heavy atom. The van der Waals surface area contributed by atoms with E-state index in [9.17, 15) is 63.5 Å². The first kappa shape index (κ1) is 27.7. The molecule has 0 aromatic heterocycles. The predicted octanol–water partition coefficient (Wildman–Crippen LogP) is 1.47. The van der Waals surface area contributed by atoms with Crippen molar-refractivity contribution in [2.45, 2.75) is 30.2 Å². The summed E-state index contributed by atoms with van der Waals surface area (Å²) < 4.78 is 143. The molecule has 9 nitrogen and oxygen atoms in total. The van der Waals surface area contributed by atoms with E-state index in [2.05, 4.69) is 0 Å². The third-order valence-electron chi connectivity index (χ3n) is 3.39. The molecule has 0 spiro atoms. The van der Waals surface area contributed by atoms with Gasteiger partial charge in [-0.05, 0) is 6.07 Å². The van der Waals surface area contributed by atoms with E-state index in [0.29, 0.717) is 6.07 Å². The van der Waals surface area contributed by atoms with Gasteiger partial charge in [0.25, 0.3) is 5.91 Å². The second kappa shape index (κ2) is 8.53. The van der Waals surface area contributed by atoms with E-state index in [4.69, 9.17) is 10.4 Å². The number of carbonyl (C=O) groups is 1. The van der Waals surface area contributed by atoms with Gasteiger partial charge in [0.1, 0.15) is 5.69 Å². The number of halogens is 11. The average molecular weight is 499 g/mol. The molecule has 1 aromatic carbocycles. The molecule has 0 radical (unpaired) electrons. The molecule has 2 unspecified atom stereocenters. The zero-order chi connectivity index (χ0) is 25.5. The van der Waals surface area contributed by atoms with Gasteiger partial charge in [0.15, 0.2) is 11.4 Å². The van der Waals surface area contributed by atoms with Crippen LogP contribution in [0.3, 0.4) is 0 Å². The van der Waals surface area contributed by atoms with Gasteiger partial charge in [-0.1, -0.05) is 0 Å². The van der Waals surface area contributed by atoms with Crippen molar-refractivity contribution >= 4 is 23.0 Å². The summed E-state index contributed by atoms with van der Waals surface area (Å²) in [6.07, 6.45) is -21.5. The molecule has 0 saturated heterocycles. The van der Waals surface area contributed by atoms with E-state index in [1.807, 2.05) is 4.74 Å². The second-order valence-electron chi connectivity index (χ2n) is 5.61. The van der Waals surface area contributed by atoms with Crippen LogP contribution in [0.5, 0.6) is 0 Å². The van der Waals surface area contributed by atoms with Crippen LogP contribution in [0.25, 0.3) is 0 Å². The van der Waals surface area contributed by atoms with Crippen molar-refractivity contribution in [2.75, 3.05) is 5.32 Å². The Bertz CT molecular complexity index is 845. The van der Waals surface area contributed by atoms with Crippen LogP contribution in [0.2, 0.25) is 0 Å². The highest BCUT2D eigenvalue weighted by molar-refractivity contribution is 5.98. The first-order valence-electron chi connectivity index (χ1n) is 7.28. The molecular formula is C12H8F11N3O6. The van der Waals surface area contributed by atoms with Crippen molar-refractivity contribution in [1.82, 2.24) is 0 Å². The Balaban J connectivity index is 3.46. The maximum absolute atomic E-state index is 14.2. The number of hydrogen-bond acceptors (Lipinski definition) is 6. The summed E-state index contributed by atoms with van der Waals surface area (Å²) in [4.78, 5) is 11.6. The summed E-state index contributed by atoms with van der Waals surface area (Å²) in [5.41, 5.74) is -3.57. The number of nitrogens with one attached hydrogen (secondary N) is 3. The van der Waals surface area contributed by atoms with Crippen LogP contribution < -0.4 is 15.8 Å². The molecular weight excluding hydrogens is 491 g/mol. The fourth-order valence-electron chi connectivity index (χ4n) is 1.80. The number of hydrogen-bond donors (Lipinski definition) is 5. The van der Waals surface area contributed by atoms with Crippen LogP contribution in [0.4, 0.5) is 65.4 Å². The molecule has 0 heterocycles. The van der Waals surface area contributed by atoms with Gasteiger partial charge in [-0.3, -0.25) is 9.53 Å². The summed E-state index contributed by atoms with van der Waals surface area (Å²) in [5.74, 6) is -17.4. The fourth-order valence-corrected chi connectivity index (χ4v) is 1.80. The molecule has 0 aliphatic rings. The maximum Gasteiger partial charge on any atom is 0.462 e. The number of ether oxygens (including phenoxy) is 1. The average Bonchev–Trinajstić information content (AvgIpc) is 2.58. The van der Waals surface area contributed by atoms with Crippen molar-refractivity contribution in [1.29, 1.82) is 0 Å². The van der Waals surface area contributed by atoms with Crippen LogP contribution in [0.15, 0.2) is 18.2 Å². The number of rotatable bonds is 7. The molecule has 0 saturated carbocycles. The Morgan fingerprint density at radius 1 is 0.875 bits per heavy atom. The lowest BCUT2D eigenvalue weighted by molar-refractivity contribution is -0.996. The lowest BCUT2D eigenvalue weighted by atomic mass is 10.2. The van der Waals surface area contributed by atoms with Gasteiger partial charge in [-0.15, -0.1) is 0 Å². The highest BCUT2D eigenvalue weighted by Gasteiger charge is 2.79. The minimum Gasteiger partial charge on any atom is -0.595 e. The predicted molar refractivity (Wildman–Crippen MR) is 73.6 cm³/mol. The van der Waals surface area contributed by atoms with Gasteiger partial charge in [0.05, 0.1) is 6.07 Å². The molecule has 0 fully saturated rings. The lowest BCUT2D eigenvalue weighted by Gasteiger charge is -2.34. The van der Waals surface area contributed by atoms with Crippen LogP contribution in [0, 0.1) is 10.4 Å². The van der Waals surface area contributed by atoms with Crippen molar-refractivity contribution in [3.63, 3.8) is 0 Å². The Hall–Kier alpha value is -2.36. The van der Waals surface area contributed by atoms with Crippen molar-refractivity contribution in [3.8, 4) is 0 Å². The van der Waals surface area contributed by atoms with E-state index in [0.717, 1.165) is 5.32 Å². The quantitative estimate of drug-likeness (QED) is 0.285. The van der Waals surface area contributed by atoms with Gasteiger partial charge in [-0.25, -0.2) is 10.4 Å². The lowest BCUT2D eigenvalue weighted by Crippen LogP contribution is -3.00. The summed E-state index contributed by atoms with van der Waals surface area (Å²) in [7, 11) is 0. The molecule has 5 N–H and O–H groups in total. The number of amides is 1. The Labute approximate surface area is 167 Å². The summed E-state index contributed by atoms with van der Waals surface area (Å²) in [6.45, 7) is 0. The zero-order valence-electron chi connectivity index (χ0n) is 14.4. The molecule has 3 atom stereocenters. The summed E-state index contributed by atoms with van der Waals surface area (Å²) in [6, 6.07) is 0.885. The van der Waals surface area contributed by atoms with E-state index in [1.54, 1.807) is 0 Å². The highest BCUT2D eigenvalue weighted by Crippen LogP contribution is 2.51. The first-order chi connectivity index (χ1) is 14.1. The number of carbonyl (C=O) groups excluding carboxylic acids is 1. The minimum absolute atomic E-state index is 0.209. The number of quaternary nitrogens is 2. The van der Waals surface area contributed by atoms with E-state index < -0.39 is 63.7 Å². The minimum atomic E-state index is -7.40. The molecule has 0 aliphatic heterocycles. The third-order valence-corrected chi connectivity index (χ3v) is 3.39. The molecule has 184 valence electrons. The first-order valence-corrected chi connectivity index (χ1v) is 7.28. The monoisotopic (exact) mass is 499 g/mol. The van der Waals surface area contributed by atoms with Crippen LogP contribution in [-0.2, 0) is 9.53 Å². The Morgan fingerprint density at radius 2 is 1.38 bits per heavy atom. The third kappa shape index (κ3) is 5.16. The summed E-state index contributed by atoms with van der Waals surface area (Å²) in [5, 5.41) is 36.2. The van der Waals surface area contributed by atoms with Crippen molar-refractivity contribution in [2.24, 2.45) is 0 Å². The smallest absolute Gasteiger partial charge is 0.462 e. The second-order valence-corrected chi connectivity index (χ2v) is 5.61. The van der Waals surface area contributed by atoms with E-state index >= 15 is 0 Å². The number of anilines is 1. The molecule has 1 rings (SSSR count). The van der Waals surface area contributed by atoms with Gasteiger partial charge in [0, 0.05) is 6.07 Å². The fraction of sp³-hybridized carbons (Fsp3) is 0.417. The van der Waals surface area contributed by atoms with Crippen LogP contribution in [-0.4, -0.2) is 46.6 Å². The molecule has 0 bridgehead atoms. The molecule has 0 aliphatic carbocycles. The van der Waals surface area contributed by atoms with Crippen molar-refractivity contribution in [3.05, 3.63) is 28.6 Å². The maximum atomic E-state index is 14.2. The standard InChI is InChI=1S/C12H8F11N3O6/c13-8(10(16,17)18,32-12(22,23)9(14,15)11(19,20)21)7(27)24-5-2-1-4(25(28)29)3-6(5)26(30)31/h1-3,25-26,28,30H,(H,24,27)/t8-/m1/s1. The highest BCUT2D eigenvalue weighted by atomic mass is 19.4. The summed E-state index contributed by atoms with van der Waals surface area (Å²) >= 11 is 0. The van der Waals surface area contributed by atoms with Gasteiger partial charge in [-0.2, -0.15) is 58.7 Å². The molecule has 20 heteroatoms. The molecule has 32 heavy (non-hydrogen) atoms. The topological polar surface area (TPSA) is 134 Å². The SMILES string of the molecule is O=C(Nc1ccc([NH+]([O-])O)cc1[NH+]([O-])O)[C@@](F)(OC(F)(F)C(F)(F)C(F)(F)F)C(F)(F)F. The largest absolute Gasteiger partial charge is 0.595 e. The normalized spacial score (nSPS) is 17.5. The van der Waals surface area contributed by atoms with Crippen molar-refractivity contribution < 1.29 is 78.7 Å². The molecule has 1 aromatic rings. The van der Waals surface area contributed by atoms with E-state index in [1.165, 1.54) is 0 Å². The Kier molecular flexibility index (Phi) is 7.38. The molecule has 1 amide bonds. The van der Waals surface area contributed by atoms with Gasteiger partial charge < -0.3 is 15.7 Å². The van der Waals surface area contributed by atoms with E-state index in [-0.39, 0.29) is 12.1 Å². The zero-order valence-corrected chi connectivity index (χ0v) is 14.4. The number of benzene rings is 1. The van der Waals surface area contributed by atoms with Gasteiger partial charge in [0.2, 0.25) is 0 Å². The van der Waals surface area contributed by atoms with Crippen LogP contribution >= 0.6 is 0 Å². The van der Waals surface area contributed by atoms with Gasteiger partial charge >= 0.3 is 30.2 Å². The van der Waals surface area contributed by atoms with Crippen LogP contribution in [0.1, 0.15) is 0 Å². The number of alkyl halides is 11.